The monoisotopic (exact) mass is 293 g/mol. The Bertz CT molecular complexity index is 502. The van der Waals surface area contributed by atoms with Crippen molar-refractivity contribution in [1.29, 1.82) is 0 Å². The topological polar surface area (TPSA) is 38.8 Å². The van der Waals surface area contributed by atoms with Crippen LogP contribution in [0.5, 0.6) is 0 Å². The molecule has 5 heteroatoms. The first-order chi connectivity index (χ1) is 9.76. The van der Waals surface area contributed by atoms with E-state index in [9.17, 15) is 4.79 Å². The number of carbonyl (C=O) groups is 1. The molecule has 0 radical (unpaired) electrons. The van der Waals surface area contributed by atoms with Crippen molar-refractivity contribution in [2.45, 2.75) is 37.9 Å². The zero-order valence-electron chi connectivity index (χ0n) is 11.5. The van der Waals surface area contributed by atoms with Crippen molar-refractivity contribution in [3.63, 3.8) is 0 Å². The van der Waals surface area contributed by atoms with E-state index in [1.165, 1.54) is 16.9 Å². The number of hydrogen-bond donors (Lipinski definition) is 0. The Morgan fingerprint density at radius 1 is 1.20 bits per heavy atom. The van der Waals surface area contributed by atoms with Gasteiger partial charge in [0.05, 0.1) is 18.1 Å². The van der Waals surface area contributed by atoms with E-state index in [0.717, 1.165) is 43.6 Å². The number of rotatable bonds is 1. The smallest absolute Gasteiger partial charge is 0.263 e. The predicted molar refractivity (Wildman–Crippen MR) is 76.1 cm³/mol. The largest absolute Gasteiger partial charge is 0.347 e. The summed E-state index contributed by atoms with van der Waals surface area (Å²) in [6.07, 6.45) is 5.13. The maximum atomic E-state index is 12.6. The standard InChI is InChI=1S/C15H19NO3S/c17-14(13-10-11-2-1-3-12(11)20-13)16-6-4-15(5-7-16)18-8-9-19-15/h10H,1-9H2. The predicted octanol–water partition coefficient (Wildman–Crippen LogP) is 2.22. The van der Waals surface area contributed by atoms with E-state index in [1.807, 2.05) is 4.90 Å². The van der Waals surface area contributed by atoms with Crippen LogP contribution in [0.4, 0.5) is 0 Å². The third kappa shape index (κ3) is 2.08. The number of piperidine rings is 1. The molecule has 0 N–H and O–H groups in total. The van der Waals surface area contributed by atoms with E-state index in [4.69, 9.17) is 9.47 Å². The lowest BCUT2D eigenvalue weighted by Crippen LogP contribution is -2.47. The third-order valence-electron chi connectivity index (χ3n) is 4.58. The molecule has 0 unspecified atom stereocenters. The summed E-state index contributed by atoms with van der Waals surface area (Å²) in [5.74, 6) is -0.203. The summed E-state index contributed by atoms with van der Waals surface area (Å²) in [4.78, 5) is 16.9. The highest BCUT2D eigenvalue weighted by Gasteiger charge is 2.41. The van der Waals surface area contributed by atoms with Gasteiger partial charge in [-0.15, -0.1) is 11.3 Å². The number of likely N-dealkylation sites (tertiary alicyclic amines) is 1. The maximum Gasteiger partial charge on any atom is 0.263 e. The Morgan fingerprint density at radius 2 is 1.95 bits per heavy atom. The molecule has 1 spiro atoms. The van der Waals surface area contributed by atoms with Gasteiger partial charge in [-0.1, -0.05) is 0 Å². The van der Waals surface area contributed by atoms with Crippen molar-refractivity contribution in [3.05, 3.63) is 21.4 Å². The molecule has 0 aromatic carbocycles. The van der Waals surface area contributed by atoms with Crippen LogP contribution in [0.2, 0.25) is 0 Å². The average molecular weight is 293 g/mol. The molecule has 0 atom stereocenters. The molecule has 1 amide bonds. The zero-order valence-corrected chi connectivity index (χ0v) is 12.3. The van der Waals surface area contributed by atoms with Crippen molar-refractivity contribution >= 4 is 17.2 Å². The third-order valence-corrected chi connectivity index (χ3v) is 5.81. The summed E-state index contributed by atoms with van der Waals surface area (Å²) < 4.78 is 11.4. The first kappa shape index (κ1) is 12.8. The van der Waals surface area contributed by atoms with Gasteiger partial charge < -0.3 is 14.4 Å². The molecule has 0 bridgehead atoms. The Labute approximate surface area is 122 Å². The van der Waals surface area contributed by atoms with Gasteiger partial charge in [-0.3, -0.25) is 4.79 Å². The molecular formula is C15H19NO3S. The van der Waals surface area contributed by atoms with Crippen molar-refractivity contribution < 1.29 is 14.3 Å². The molecular weight excluding hydrogens is 274 g/mol. The number of nitrogens with zero attached hydrogens (tertiary/aromatic N) is 1. The van der Waals surface area contributed by atoms with Crippen molar-refractivity contribution in [1.82, 2.24) is 4.90 Å². The maximum absolute atomic E-state index is 12.6. The number of amides is 1. The van der Waals surface area contributed by atoms with Gasteiger partial charge in [0.1, 0.15) is 0 Å². The Kier molecular flexibility index (Phi) is 3.09. The van der Waals surface area contributed by atoms with Gasteiger partial charge in [0.2, 0.25) is 0 Å². The van der Waals surface area contributed by atoms with Crippen LogP contribution >= 0.6 is 11.3 Å². The van der Waals surface area contributed by atoms with Gasteiger partial charge in [-0.05, 0) is 30.9 Å². The zero-order chi connectivity index (χ0) is 13.6. The second kappa shape index (κ2) is 4.83. The van der Waals surface area contributed by atoms with Crippen LogP contribution in [-0.4, -0.2) is 42.9 Å². The summed E-state index contributed by atoms with van der Waals surface area (Å²) in [5.41, 5.74) is 1.40. The molecule has 2 saturated heterocycles. The van der Waals surface area contributed by atoms with Crippen molar-refractivity contribution in [3.8, 4) is 0 Å². The molecule has 4 rings (SSSR count). The fourth-order valence-corrected chi connectivity index (χ4v) is 4.65. The molecule has 1 aromatic rings. The first-order valence-electron chi connectivity index (χ1n) is 7.45. The van der Waals surface area contributed by atoms with Crippen LogP contribution in [0.15, 0.2) is 6.07 Å². The molecule has 2 aliphatic heterocycles. The van der Waals surface area contributed by atoms with Crippen molar-refractivity contribution in [2.24, 2.45) is 0 Å². The lowest BCUT2D eigenvalue weighted by Gasteiger charge is -2.37. The fourth-order valence-electron chi connectivity index (χ4n) is 3.43. The number of aryl methyl sites for hydroxylation is 2. The minimum absolute atomic E-state index is 0.192. The Morgan fingerprint density at radius 3 is 2.65 bits per heavy atom. The van der Waals surface area contributed by atoms with Crippen LogP contribution in [0.1, 0.15) is 39.4 Å². The minimum atomic E-state index is -0.395. The molecule has 4 nitrogen and oxygen atoms in total. The summed E-state index contributed by atoms with van der Waals surface area (Å²) in [6.45, 7) is 2.85. The van der Waals surface area contributed by atoms with Gasteiger partial charge in [-0.2, -0.15) is 0 Å². The van der Waals surface area contributed by atoms with Crippen LogP contribution < -0.4 is 0 Å². The SMILES string of the molecule is O=C(c1cc2c(s1)CCC2)N1CCC2(CC1)OCCO2. The minimum Gasteiger partial charge on any atom is -0.347 e. The highest BCUT2D eigenvalue weighted by Crippen LogP contribution is 2.34. The lowest BCUT2D eigenvalue weighted by atomic mass is 10.0. The summed E-state index contributed by atoms with van der Waals surface area (Å²) in [7, 11) is 0. The number of thiophene rings is 1. The molecule has 1 aliphatic carbocycles. The van der Waals surface area contributed by atoms with Crippen LogP contribution in [-0.2, 0) is 22.3 Å². The lowest BCUT2D eigenvalue weighted by molar-refractivity contribution is -0.181. The number of ether oxygens (including phenoxy) is 2. The molecule has 3 aliphatic rings. The quantitative estimate of drug-likeness (QED) is 0.797. The van der Waals surface area contributed by atoms with Gasteiger partial charge >= 0.3 is 0 Å². The van der Waals surface area contributed by atoms with Crippen LogP contribution in [0, 0.1) is 0 Å². The van der Waals surface area contributed by atoms with E-state index in [0.29, 0.717) is 13.2 Å². The molecule has 108 valence electrons. The second-order valence-electron chi connectivity index (χ2n) is 5.81. The second-order valence-corrected chi connectivity index (χ2v) is 6.95. The highest BCUT2D eigenvalue weighted by atomic mass is 32.1. The van der Waals surface area contributed by atoms with E-state index in [2.05, 4.69) is 6.07 Å². The molecule has 1 aromatic heterocycles. The highest BCUT2D eigenvalue weighted by molar-refractivity contribution is 7.14. The van der Waals surface area contributed by atoms with E-state index < -0.39 is 5.79 Å². The fraction of sp³-hybridized carbons (Fsp3) is 0.667. The Balaban J connectivity index is 1.44. The van der Waals surface area contributed by atoms with Gasteiger partial charge in [-0.25, -0.2) is 0 Å². The summed E-state index contributed by atoms with van der Waals surface area (Å²) >= 11 is 1.69. The summed E-state index contributed by atoms with van der Waals surface area (Å²) in [5, 5.41) is 0. The molecule has 0 saturated carbocycles. The molecule has 20 heavy (non-hydrogen) atoms. The van der Waals surface area contributed by atoms with E-state index in [-0.39, 0.29) is 5.91 Å². The van der Waals surface area contributed by atoms with Crippen molar-refractivity contribution in [2.75, 3.05) is 26.3 Å². The van der Waals surface area contributed by atoms with Gasteiger partial charge in [0.15, 0.2) is 5.79 Å². The number of carbonyl (C=O) groups excluding carboxylic acids is 1. The number of hydrogen-bond acceptors (Lipinski definition) is 4. The van der Waals surface area contributed by atoms with E-state index in [1.54, 1.807) is 11.3 Å². The van der Waals surface area contributed by atoms with Gasteiger partial charge in [0.25, 0.3) is 5.91 Å². The first-order valence-corrected chi connectivity index (χ1v) is 8.26. The van der Waals surface area contributed by atoms with Crippen LogP contribution in [0.25, 0.3) is 0 Å². The summed E-state index contributed by atoms with van der Waals surface area (Å²) in [6, 6.07) is 2.11. The molecule has 3 heterocycles. The normalized spacial score (nSPS) is 24.3. The van der Waals surface area contributed by atoms with Crippen LogP contribution in [0.3, 0.4) is 0 Å². The Hall–Kier alpha value is -0.910. The van der Waals surface area contributed by atoms with Gasteiger partial charge in [0, 0.05) is 30.8 Å². The molecule has 2 fully saturated rings. The van der Waals surface area contributed by atoms with E-state index >= 15 is 0 Å². The number of fused-ring (bicyclic) bond motifs is 1. The average Bonchev–Trinajstić information content (AvgIpc) is 3.14.